The lowest BCUT2D eigenvalue weighted by Crippen LogP contribution is -2.46. The standard InChI is InChI=1S/C16H24ClN3O/c1-3-20(4-2)14(12-7-5-6-8-13(12)17)11-19-15(21)16(18)9-10-16/h5-8,14H,3-4,9-11,18H2,1-2H3,(H,19,21). The van der Waals surface area contributed by atoms with E-state index in [-0.39, 0.29) is 11.9 Å². The van der Waals surface area contributed by atoms with E-state index in [0.29, 0.717) is 6.54 Å². The zero-order valence-corrected chi connectivity index (χ0v) is 13.5. The first-order valence-corrected chi connectivity index (χ1v) is 7.95. The molecule has 1 saturated carbocycles. The average Bonchev–Trinajstić information content (AvgIpc) is 3.23. The summed E-state index contributed by atoms with van der Waals surface area (Å²) >= 11 is 6.33. The predicted octanol–water partition coefficient (Wildman–Crippen LogP) is 2.33. The number of carbonyl (C=O) groups excluding carboxylic acids is 1. The molecule has 0 radical (unpaired) electrons. The van der Waals surface area contributed by atoms with Crippen molar-refractivity contribution in [1.29, 1.82) is 0 Å². The molecule has 3 N–H and O–H groups in total. The molecule has 1 unspecified atom stereocenters. The molecule has 21 heavy (non-hydrogen) atoms. The van der Waals surface area contributed by atoms with Crippen LogP contribution in [0.25, 0.3) is 0 Å². The average molecular weight is 310 g/mol. The third kappa shape index (κ3) is 3.76. The second kappa shape index (κ2) is 6.77. The highest BCUT2D eigenvalue weighted by molar-refractivity contribution is 6.31. The molecule has 5 heteroatoms. The number of likely N-dealkylation sites (N-methyl/N-ethyl adjacent to an activating group) is 1. The topological polar surface area (TPSA) is 58.4 Å². The van der Waals surface area contributed by atoms with Crippen molar-refractivity contribution in [2.75, 3.05) is 19.6 Å². The Morgan fingerprint density at radius 3 is 2.52 bits per heavy atom. The van der Waals surface area contributed by atoms with Gasteiger partial charge in [-0.05, 0) is 37.6 Å². The highest BCUT2D eigenvalue weighted by Gasteiger charge is 2.46. The molecule has 1 amide bonds. The van der Waals surface area contributed by atoms with Crippen LogP contribution >= 0.6 is 11.6 Å². The van der Waals surface area contributed by atoms with Gasteiger partial charge in [0.1, 0.15) is 0 Å². The number of nitrogens with two attached hydrogens (primary N) is 1. The van der Waals surface area contributed by atoms with E-state index in [1.54, 1.807) is 0 Å². The molecule has 0 heterocycles. The maximum absolute atomic E-state index is 12.1. The minimum absolute atomic E-state index is 0.0493. The van der Waals surface area contributed by atoms with Crippen molar-refractivity contribution >= 4 is 17.5 Å². The fourth-order valence-electron chi connectivity index (χ4n) is 2.57. The molecule has 4 nitrogen and oxygen atoms in total. The van der Waals surface area contributed by atoms with Crippen LogP contribution in [0.4, 0.5) is 0 Å². The third-order valence-electron chi connectivity index (χ3n) is 4.21. The Balaban J connectivity index is 2.12. The Bertz CT molecular complexity index is 498. The van der Waals surface area contributed by atoms with Crippen molar-refractivity contribution in [3.05, 3.63) is 34.9 Å². The van der Waals surface area contributed by atoms with Crippen LogP contribution in [0.5, 0.6) is 0 Å². The van der Waals surface area contributed by atoms with Crippen molar-refractivity contribution in [2.24, 2.45) is 5.73 Å². The van der Waals surface area contributed by atoms with Crippen LogP contribution in [0, 0.1) is 0 Å². The summed E-state index contributed by atoms with van der Waals surface area (Å²) < 4.78 is 0. The number of benzene rings is 1. The molecular weight excluding hydrogens is 286 g/mol. The molecule has 0 spiro atoms. The van der Waals surface area contributed by atoms with Crippen LogP contribution in [-0.2, 0) is 4.79 Å². The molecule has 1 aliphatic carbocycles. The highest BCUT2D eigenvalue weighted by Crippen LogP contribution is 2.33. The Kier molecular flexibility index (Phi) is 5.25. The lowest BCUT2D eigenvalue weighted by Gasteiger charge is -2.31. The molecule has 0 saturated heterocycles. The van der Waals surface area contributed by atoms with E-state index in [0.717, 1.165) is 36.5 Å². The zero-order valence-electron chi connectivity index (χ0n) is 12.7. The van der Waals surface area contributed by atoms with E-state index in [1.165, 1.54) is 0 Å². The summed E-state index contributed by atoms with van der Waals surface area (Å²) in [7, 11) is 0. The van der Waals surface area contributed by atoms with Gasteiger partial charge in [0.05, 0.1) is 11.6 Å². The van der Waals surface area contributed by atoms with Gasteiger partial charge in [0, 0.05) is 11.6 Å². The molecule has 0 bridgehead atoms. The molecular formula is C16H24ClN3O. The number of nitrogens with one attached hydrogen (secondary N) is 1. The predicted molar refractivity (Wildman–Crippen MR) is 86.3 cm³/mol. The van der Waals surface area contributed by atoms with E-state index >= 15 is 0 Å². The second-order valence-corrected chi connectivity index (χ2v) is 6.03. The molecule has 1 aromatic carbocycles. The van der Waals surface area contributed by atoms with Crippen LogP contribution in [0.2, 0.25) is 5.02 Å². The third-order valence-corrected chi connectivity index (χ3v) is 4.56. The molecule has 1 atom stereocenters. The van der Waals surface area contributed by atoms with Crippen molar-refractivity contribution < 1.29 is 4.79 Å². The van der Waals surface area contributed by atoms with Gasteiger partial charge in [-0.1, -0.05) is 43.6 Å². The van der Waals surface area contributed by atoms with Gasteiger partial charge in [-0.15, -0.1) is 0 Å². The van der Waals surface area contributed by atoms with Gasteiger partial charge in [0.25, 0.3) is 0 Å². The van der Waals surface area contributed by atoms with Gasteiger partial charge in [0.2, 0.25) is 5.91 Å². The molecule has 1 aromatic rings. The molecule has 1 aliphatic rings. The quantitative estimate of drug-likeness (QED) is 0.813. The normalized spacial score (nSPS) is 17.6. The van der Waals surface area contributed by atoms with Crippen LogP contribution < -0.4 is 11.1 Å². The maximum atomic E-state index is 12.1. The SMILES string of the molecule is CCN(CC)C(CNC(=O)C1(N)CC1)c1ccccc1Cl. The summed E-state index contributed by atoms with van der Waals surface area (Å²) in [4.78, 5) is 14.3. The van der Waals surface area contributed by atoms with Crippen molar-refractivity contribution in [3.63, 3.8) is 0 Å². The first-order chi connectivity index (χ1) is 10.0. The monoisotopic (exact) mass is 309 g/mol. The van der Waals surface area contributed by atoms with E-state index < -0.39 is 5.54 Å². The molecule has 2 rings (SSSR count). The minimum atomic E-state index is -0.631. The minimum Gasteiger partial charge on any atom is -0.353 e. The number of rotatable bonds is 7. The van der Waals surface area contributed by atoms with Gasteiger partial charge in [-0.3, -0.25) is 9.69 Å². The van der Waals surface area contributed by atoms with E-state index in [9.17, 15) is 4.79 Å². The Morgan fingerprint density at radius 2 is 2.00 bits per heavy atom. The Morgan fingerprint density at radius 1 is 1.38 bits per heavy atom. The molecule has 1 fully saturated rings. The lowest BCUT2D eigenvalue weighted by atomic mass is 10.0. The number of hydrogen-bond acceptors (Lipinski definition) is 3. The number of hydrogen-bond donors (Lipinski definition) is 2. The summed E-state index contributed by atoms with van der Waals surface area (Å²) in [6, 6.07) is 7.88. The number of amides is 1. The largest absolute Gasteiger partial charge is 0.353 e. The first-order valence-electron chi connectivity index (χ1n) is 7.57. The van der Waals surface area contributed by atoms with Gasteiger partial charge >= 0.3 is 0 Å². The Hall–Kier alpha value is -1.10. The lowest BCUT2D eigenvalue weighted by molar-refractivity contribution is -0.123. The highest BCUT2D eigenvalue weighted by atomic mass is 35.5. The second-order valence-electron chi connectivity index (χ2n) is 5.62. The summed E-state index contributed by atoms with van der Waals surface area (Å²) in [5.41, 5.74) is 6.35. The first kappa shape index (κ1) is 16.3. The summed E-state index contributed by atoms with van der Waals surface area (Å²) in [6.07, 6.45) is 1.56. The van der Waals surface area contributed by atoms with Crippen molar-refractivity contribution in [2.45, 2.75) is 38.3 Å². The van der Waals surface area contributed by atoms with Crippen LogP contribution in [0.15, 0.2) is 24.3 Å². The van der Waals surface area contributed by atoms with Crippen LogP contribution in [0.1, 0.15) is 38.3 Å². The van der Waals surface area contributed by atoms with Crippen molar-refractivity contribution in [1.82, 2.24) is 10.2 Å². The molecule has 0 aromatic heterocycles. The van der Waals surface area contributed by atoms with Crippen LogP contribution in [-0.4, -0.2) is 36.0 Å². The van der Waals surface area contributed by atoms with Gasteiger partial charge < -0.3 is 11.1 Å². The summed E-state index contributed by atoms with van der Waals surface area (Å²) in [6.45, 7) is 6.55. The fraction of sp³-hybridized carbons (Fsp3) is 0.562. The summed E-state index contributed by atoms with van der Waals surface area (Å²) in [5, 5.41) is 3.73. The van der Waals surface area contributed by atoms with Gasteiger partial charge in [0.15, 0.2) is 0 Å². The molecule has 0 aliphatic heterocycles. The zero-order chi connectivity index (χ0) is 15.5. The number of carbonyl (C=O) groups is 1. The fourth-order valence-corrected chi connectivity index (χ4v) is 2.83. The molecule has 116 valence electrons. The van der Waals surface area contributed by atoms with Crippen molar-refractivity contribution in [3.8, 4) is 0 Å². The van der Waals surface area contributed by atoms with Gasteiger partial charge in [-0.2, -0.15) is 0 Å². The van der Waals surface area contributed by atoms with E-state index in [4.69, 9.17) is 17.3 Å². The number of nitrogens with zero attached hydrogens (tertiary/aromatic N) is 1. The summed E-state index contributed by atoms with van der Waals surface area (Å²) in [5.74, 6) is -0.0493. The maximum Gasteiger partial charge on any atom is 0.240 e. The Labute approximate surface area is 131 Å². The van der Waals surface area contributed by atoms with Gasteiger partial charge in [-0.25, -0.2) is 0 Å². The smallest absolute Gasteiger partial charge is 0.240 e. The van der Waals surface area contributed by atoms with Crippen LogP contribution in [0.3, 0.4) is 0 Å². The van der Waals surface area contributed by atoms with E-state index in [2.05, 4.69) is 24.1 Å². The van der Waals surface area contributed by atoms with E-state index in [1.807, 2.05) is 24.3 Å². The number of halogens is 1.